The van der Waals surface area contributed by atoms with Crippen molar-refractivity contribution in [2.24, 2.45) is 4.99 Å². The molecule has 0 fully saturated rings. The highest BCUT2D eigenvalue weighted by atomic mass is 127. The van der Waals surface area contributed by atoms with Crippen LogP contribution >= 0.6 is 57.4 Å². The lowest BCUT2D eigenvalue weighted by atomic mass is 10.1. The molecule has 0 bridgehead atoms. The lowest BCUT2D eigenvalue weighted by molar-refractivity contribution is -0.129. The summed E-state index contributed by atoms with van der Waals surface area (Å²) < 4.78 is 17.6. The zero-order valence-electron chi connectivity index (χ0n) is 17.1. The second kappa shape index (κ2) is 10.3. The van der Waals surface area contributed by atoms with Gasteiger partial charge in [-0.15, -0.1) is 0 Å². The number of ether oxygens (including phenoxy) is 3. The van der Waals surface area contributed by atoms with Gasteiger partial charge in [-0.1, -0.05) is 53.0 Å². The van der Waals surface area contributed by atoms with Gasteiger partial charge in [0, 0.05) is 0 Å². The number of hydrogen-bond donors (Lipinski definition) is 0. The van der Waals surface area contributed by atoms with Crippen LogP contribution in [0.25, 0.3) is 6.08 Å². The van der Waals surface area contributed by atoms with Gasteiger partial charge in [0.1, 0.15) is 6.61 Å². The molecule has 0 saturated heterocycles. The minimum absolute atomic E-state index is 0.159. The van der Waals surface area contributed by atoms with Crippen molar-refractivity contribution in [3.05, 3.63) is 95.6 Å². The summed E-state index contributed by atoms with van der Waals surface area (Å²) in [5.74, 6) is 0.690. The van der Waals surface area contributed by atoms with E-state index in [1.54, 1.807) is 55.7 Å². The largest absolute Gasteiger partial charge is 0.493 e. The van der Waals surface area contributed by atoms with E-state index in [0.29, 0.717) is 37.7 Å². The molecule has 0 radical (unpaired) electrons. The highest BCUT2D eigenvalue weighted by Gasteiger charge is 2.25. The van der Waals surface area contributed by atoms with Crippen molar-refractivity contribution in [1.29, 1.82) is 0 Å². The van der Waals surface area contributed by atoms with Crippen LogP contribution in [0.2, 0.25) is 15.1 Å². The molecule has 0 N–H and O–H groups in total. The fourth-order valence-corrected chi connectivity index (χ4v) is 4.38. The normalized spacial score (nSPS) is 14.3. The van der Waals surface area contributed by atoms with Crippen molar-refractivity contribution in [3.8, 4) is 11.5 Å². The van der Waals surface area contributed by atoms with Crippen LogP contribution in [0.4, 0.5) is 0 Å². The Morgan fingerprint density at radius 2 is 1.82 bits per heavy atom. The van der Waals surface area contributed by atoms with Crippen LogP contribution in [0.5, 0.6) is 11.5 Å². The molecule has 168 valence electrons. The lowest BCUT2D eigenvalue weighted by Gasteiger charge is -2.14. The Labute approximate surface area is 219 Å². The van der Waals surface area contributed by atoms with E-state index in [0.717, 1.165) is 9.13 Å². The van der Waals surface area contributed by atoms with E-state index in [1.807, 2.05) is 12.1 Å². The quantitative estimate of drug-likeness (QED) is 0.168. The molecule has 0 spiro atoms. The highest BCUT2D eigenvalue weighted by molar-refractivity contribution is 14.1. The summed E-state index contributed by atoms with van der Waals surface area (Å²) in [7, 11) is 1.55. The monoisotopic (exact) mass is 613 g/mol. The number of aliphatic imine (C=N–C) groups is 1. The predicted molar refractivity (Wildman–Crippen MR) is 139 cm³/mol. The molecule has 1 aliphatic heterocycles. The molecule has 0 saturated carbocycles. The number of halogens is 4. The van der Waals surface area contributed by atoms with Crippen LogP contribution in [0.3, 0.4) is 0 Å². The van der Waals surface area contributed by atoms with E-state index >= 15 is 0 Å². The first kappa shape index (κ1) is 23.9. The molecule has 0 amide bonds. The molecular formula is C24H15Cl3INO4. The van der Waals surface area contributed by atoms with Crippen LogP contribution in [-0.2, 0) is 16.1 Å². The minimum atomic E-state index is -0.557. The van der Waals surface area contributed by atoms with Crippen LogP contribution in [0.1, 0.15) is 16.7 Å². The van der Waals surface area contributed by atoms with Crippen molar-refractivity contribution in [3.63, 3.8) is 0 Å². The molecule has 0 unspecified atom stereocenters. The van der Waals surface area contributed by atoms with Crippen molar-refractivity contribution < 1.29 is 19.0 Å². The number of esters is 1. The van der Waals surface area contributed by atoms with Crippen LogP contribution in [-0.4, -0.2) is 19.0 Å². The maximum Gasteiger partial charge on any atom is 0.363 e. The van der Waals surface area contributed by atoms with Crippen molar-refractivity contribution >= 4 is 75.3 Å². The number of benzene rings is 3. The van der Waals surface area contributed by atoms with Gasteiger partial charge in [0.05, 0.1) is 31.3 Å². The zero-order valence-corrected chi connectivity index (χ0v) is 21.5. The molecule has 1 aliphatic rings. The molecule has 5 nitrogen and oxygen atoms in total. The van der Waals surface area contributed by atoms with E-state index in [-0.39, 0.29) is 18.2 Å². The van der Waals surface area contributed by atoms with Crippen LogP contribution < -0.4 is 9.47 Å². The number of methoxy groups -OCH3 is 1. The number of nitrogens with zero attached hydrogens (tertiary/aromatic N) is 1. The van der Waals surface area contributed by atoms with E-state index in [2.05, 4.69) is 27.6 Å². The summed E-state index contributed by atoms with van der Waals surface area (Å²) in [6, 6.07) is 16.0. The SMILES string of the molecule is COc1cc(/C=C2\N=C(c3ccccc3Cl)OC2=O)cc(I)c1OCc1ccc(Cl)c(Cl)c1. The summed E-state index contributed by atoms with van der Waals surface area (Å²) in [6.07, 6.45) is 1.62. The van der Waals surface area contributed by atoms with Gasteiger partial charge in [-0.05, 0) is 76.2 Å². The molecule has 3 aromatic rings. The zero-order chi connectivity index (χ0) is 23.5. The van der Waals surface area contributed by atoms with Gasteiger partial charge >= 0.3 is 5.97 Å². The molecule has 4 rings (SSSR count). The fourth-order valence-electron chi connectivity index (χ4n) is 3.06. The molecule has 0 atom stereocenters. The maximum atomic E-state index is 12.4. The topological polar surface area (TPSA) is 57.1 Å². The number of hydrogen-bond acceptors (Lipinski definition) is 5. The highest BCUT2D eigenvalue weighted by Crippen LogP contribution is 2.36. The first-order valence-corrected chi connectivity index (χ1v) is 11.8. The van der Waals surface area contributed by atoms with Crippen LogP contribution in [0, 0.1) is 3.57 Å². The first-order valence-electron chi connectivity index (χ1n) is 9.57. The van der Waals surface area contributed by atoms with Crippen molar-refractivity contribution in [2.75, 3.05) is 7.11 Å². The minimum Gasteiger partial charge on any atom is -0.493 e. The molecule has 1 heterocycles. The summed E-state index contributed by atoms with van der Waals surface area (Å²) >= 11 is 20.4. The van der Waals surface area contributed by atoms with E-state index < -0.39 is 5.97 Å². The Morgan fingerprint density at radius 3 is 2.55 bits per heavy atom. The molecule has 0 aromatic heterocycles. The number of rotatable bonds is 6. The van der Waals surface area contributed by atoms with Gasteiger partial charge in [0.25, 0.3) is 0 Å². The fraction of sp³-hybridized carbons (Fsp3) is 0.0833. The third-order valence-electron chi connectivity index (χ3n) is 4.65. The molecule has 33 heavy (non-hydrogen) atoms. The summed E-state index contributed by atoms with van der Waals surface area (Å²) in [5, 5.41) is 1.39. The van der Waals surface area contributed by atoms with E-state index in [4.69, 9.17) is 49.0 Å². The van der Waals surface area contributed by atoms with Crippen LogP contribution in [0.15, 0.2) is 65.3 Å². The van der Waals surface area contributed by atoms with Gasteiger partial charge in [-0.3, -0.25) is 0 Å². The van der Waals surface area contributed by atoms with Crippen molar-refractivity contribution in [2.45, 2.75) is 6.61 Å². The number of carbonyl (C=O) groups excluding carboxylic acids is 1. The van der Waals surface area contributed by atoms with E-state index in [9.17, 15) is 4.79 Å². The van der Waals surface area contributed by atoms with Gasteiger partial charge in [0.15, 0.2) is 17.2 Å². The van der Waals surface area contributed by atoms with Gasteiger partial charge in [0.2, 0.25) is 5.90 Å². The second-order valence-electron chi connectivity index (χ2n) is 6.89. The predicted octanol–water partition coefficient (Wildman–Crippen LogP) is 7.18. The van der Waals surface area contributed by atoms with Gasteiger partial charge in [-0.2, -0.15) is 0 Å². The molecule has 0 aliphatic carbocycles. The molecular weight excluding hydrogens is 600 g/mol. The molecule has 9 heteroatoms. The first-order chi connectivity index (χ1) is 15.9. The Hall–Kier alpha value is -2.26. The Bertz CT molecular complexity index is 1310. The average Bonchev–Trinajstić information content (AvgIpc) is 3.15. The third-order valence-corrected chi connectivity index (χ3v) is 6.52. The number of carbonyl (C=O) groups is 1. The van der Waals surface area contributed by atoms with Crippen molar-refractivity contribution in [1.82, 2.24) is 0 Å². The summed E-state index contributed by atoms with van der Waals surface area (Å²) in [4.78, 5) is 16.7. The third kappa shape index (κ3) is 5.46. The Morgan fingerprint density at radius 1 is 1.03 bits per heavy atom. The molecule has 3 aromatic carbocycles. The maximum absolute atomic E-state index is 12.4. The average molecular weight is 615 g/mol. The standard InChI is InChI=1S/C24H15Cl3INO4/c1-31-21-11-14(9-19(28)22(21)32-12-13-6-7-17(26)18(27)8-13)10-20-24(30)33-23(29-20)15-4-2-3-5-16(15)25/h2-11H,12H2,1H3/b20-10-. The summed E-state index contributed by atoms with van der Waals surface area (Å²) in [6.45, 7) is 0.279. The second-order valence-corrected chi connectivity index (χ2v) is 9.27. The lowest BCUT2D eigenvalue weighted by Crippen LogP contribution is -2.05. The number of cyclic esters (lactones) is 1. The van der Waals surface area contributed by atoms with Gasteiger partial charge in [-0.25, -0.2) is 9.79 Å². The smallest absolute Gasteiger partial charge is 0.363 e. The van der Waals surface area contributed by atoms with E-state index in [1.165, 1.54) is 0 Å². The summed E-state index contributed by atoms with van der Waals surface area (Å²) in [5.41, 5.74) is 2.28. The Balaban J connectivity index is 1.59. The van der Waals surface area contributed by atoms with Gasteiger partial charge < -0.3 is 14.2 Å². The Kier molecular flexibility index (Phi) is 7.48.